The van der Waals surface area contributed by atoms with Gasteiger partial charge in [-0.3, -0.25) is 9.59 Å². The van der Waals surface area contributed by atoms with Gasteiger partial charge >= 0.3 is 0 Å². The number of thiophene rings is 1. The number of fused-ring (bicyclic) bond motifs is 1. The average molecular weight is 535 g/mol. The first-order chi connectivity index (χ1) is 17.8. The number of aryl methyl sites for hydroxylation is 3. The molecule has 0 saturated heterocycles. The molecule has 38 heavy (non-hydrogen) atoms. The fourth-order valence-electron chi connectivity index (χ4n) is 5.33. The van der Waals surface area contributed by atoms with Crippen molar-refractivity contribution in [3.05, 3.63) is 45.8 Å². The van der Waals surface area contributed by atoms with Crippen molar-refractivity contribution < 1.29 is 9.59 Å². The lowest BCUT2D eigenvalue weighted by Gasteiger charge is -2.19. The van der Waals surface area contributed by atoms with E-state index in [0.717, 1.165) is 53.9 Å². The highest BCUT2D eigenvalue weighted by Crippen LogP contribution is 2.41. The summed E-state index contributed by atoms with van der Waals surface area (Å²) >= 11 is 1.67. The molecule has 1 N–H and O–H groups in total. The maximum atomic E-state index is 12.9. The molecule has 0 aliphatic carbocycles. The van der Waals surface area contributed by atoms with Crippen molar-refractivity contribution in [3.63, 3.8) is 0 Å². The number of aliphatic imine (C=N–C) groups is 1. The Balaban J connectivity index is 1.95. The van der Waals surface area contributed by atoms with Crippen LogP contribution in [0.3, 0.4) is 0 Å². The normalized spacial score (nSPS) is 13.5. The molecule has 0 fully saturated rings. The second-order valence-corrected chi connectivity index (χ2v) is 13.1. The Morgan fingerprint density at radius 1 is 0.974 bits per heavy atom. The second-order valence-electron chi connectivity index (χ2n) is 12.0. The summed E-state index contributed by atoms with van der Waals surface area (Å²) in [5, 5.41) is 1.22. The van der Waals surface area contributed by atoms with E-state index in [0.29, 0.717) is 11.7 Å². The van der Waals surface area contributed by atoms with Crippen LogP contribution in [-0.2, 0) is 21.4 Å². The van der Waals surface area contributed by atoms with Crippen molar-refractivity contribution in [3.8, 4) is 11.3 Å². The van der Waals surface area contributed by atoms with E-state index < -0.39 is 5.41 Å². The molecule has 3 rings (SSSR count). The van der Waals surface area contributed by atoms with Crippen LogP contribution in [0.1, 0.15) is 102 Å². The van der Waals surface area contributed by atoms with Gasteiger partial charge in [0.25, 0.3) is 5.91 Å². The third-order valence-corrected chi connectivity index (χ3v) is 9.06. The molecule has 0 aliphatic heterocycles. The molecule has 206 valence electrons. The zero-order valence-electron chi connectivity index (χ0n) is 24.9. The fraction of sp³-hybridized carbons (Fsp3) is 0.545. The van der Waals surface area contributed by atoms with Crippen LogP contribution in [0.15, 0.2) is 29.3 Å². The van der Waals surface area contributed by atoms with E-state index in [-0.39, 0.29) is 11.8 Å². The molecule has 4 nitrogen and oxygen atoms in total. The highest BCUT2D eigenvalue weighted by atomic mass is 32.1. The average Bonchev–Trinajstić information content (AvgIpc) is 3.38. The van der Waals surface area contributed by atoms with Gasteiger partial charge in [0, 0.05) is 21.9 Å². The summed E-state index contributed by atoms with van der Waals surface area (Å²) in [6, 6.07) is 8.93. The molecule has 0 bridgehead atoms. The van der Waals surface area contributed by atoms with Crippen LogP contribution in [0.4, 0.5) is 0 Å². The van der Waals surface area contributed by atoms with Gasteiger partial charge in [0.05, 0.1) is 11.1 Å². The molecule has 3 aromatic rings. The monoisotopic (exact) mass is 534 g/mol. The van der Waals surface area contributed by atoms with Crippen LogP contribution >= 0.6 is 11.3 Å². The number of aromatic amines is 1. The summed E-state index contributed by atoms with van der Waals surface area (Å²) in [6.07, 6.45) is 6.12. The number of ketones is 1. The zero-order chi connectivity index (χ0) is 28.2. The number of hydrogen-bond acceptors (Lipinski definition) is 3. The summed E-state index contributed by atoms with van der Waals surface area (Å²) in [5.41, 5.74) is 6.35. The van der Waals surface area contributed by atoms with Gasteiger partial charge in [-0.2, -0.15) is 0 Å². The smallest absolute Gasteiger partial charge is 0.256 e. The molecule has 2 heterocycles. The van der Waals surface area contributed by atoms with E-state index in [2.05, 4.69) is 61.9 Å². The second kappa shape index (κ2) is 12.5. The van der Waals surface area contributed by atoms with Crippen molar-refractivity contribution in [2.45, 2.75) is 106 Å². The van der Waals surface area contributed by atoms with Crippen molar-refractivity contribution in [2.75, 3.05) is 0 Å². The molecule has 1 aromatic carbocycles. The van der Waals surface area contributed by atoms with Crippen LogP contribution < -0.4 is 0 Å². The molecular weight excluding hydrogens is 488 g/mol. The van der Waals surface area contributed by atoms with Gasteiger partial charge < -0.3 is 4.98 Å². The summed E-state index contributed by atoms with van der Waals surface area (Å²) in [4.78, 5) is 35.1. The molecule has 5 heteroatoms. The first-order valence-electron chi connectivity index (χ1n) is 14.1. The van der Waals surface area contributed by atoms with Crippen LogP contribution in [0, 0.1) is 25.7 Å². The summed E-state index contributed by atoms with van der Waals surface area (Å²) in [5.74, 6) is 0.955. The topological polar surface area (TPSA) is 62.3 Å². The molecular formula is C33H46N2O2S. The van der Waals surface area contributed by atoms with Crippen LogP contribution in [0.5, 0.6) is 0 Å². The number of Topliss-reactive ketones (excluding diaryl/α,β-unsaturated/α-hetero) is 1. The first kappa shape index (κ1) is 30.0. The molecule has 2 atom stereocenters. The van der Waals surface area contributed by atoms with Crippen molar-refractivity contribution in [1.82, 2.24) is 4.98 Å². The maximum Gasteiger partial charge on any atom is 0.256 e. The van der Waals surface area contributed by atoms with Crippen molar-refractivity contribution in [2.24, 2.45) is 16.8 Å². The minimum atomic E-state index is -0.673. The predicted octanol–water partition coefficient (Wildman–Crippen LogP) is 9.15. The van der Waals surface area contributed by atoms with E-state index in [1.165, 1.54) is 33.3 Å². The minimum absolute atomic E-state index is 0.0989. The van der Waals surface area contributed by atoms with E-state index in [1.54, 1.807) is 18.3 Å². The van der Waals surface area contributed by atoms with Crippen LogP contribution in [0.2, 0.25) is 0 Å². The Kier molecular flexibility index (Phi) is 9.91. The van der Waals surface area contributed by atoms with Gasteiger partial charge in [0.15, 0.2) is 0 Å². The van der Waals surface area contributed by atoms with Crippen LogP contribution in [-0.4, -0.2) is 22.4 Å². The SMILES string of the molecule is CCCC(CCC(C)CCc1c(-c2cc(C)cc(C)c2)[nH]c2sc(C(C)(C)C(=O)N=C(C)C)cc12)C(C)=O. The molecule has 0 spiro atoms. The third kappa shape index (κ3) is 7.11. The highest BCUT2D eigenvalue weighted by molar-refractivity contribution is 7.19. The fourth-order valence-corrected chi connectivity index (χ4v) is 6.52. The molecule has 0 radical (unpaired) electrons. The molecule has 0 saturated carbocycles. The zero-order valence-corrected chi connectivity index (χ0v) is 25.7. The van der Waals surface area contributed by atoms with E-state index >= 15 is 0 Å². The largest absolute Gasteiger partial charge is 0.346 e. The lowest BCUT2D eigenvalue weighted by molar-refractivity contribution is -0.122. The number of nitrogens with zero attached hydrogens (tertiary/aromatic N) is 1. The Morgan fingerprint density at radius 3 is 2.21 bits per heavy atom. The van der Waals surface area contributed by atoms with Gasteiger partial charge in [-0.05, 0) is 109 Å². The quantitative estimate of drug-likeness (QED) is 0.235. The van der Waals surface area contributed by atoms with Gasteiger partial charge in [0.2, 0.25) is 0 Å². The molecule has 2 unspecified atom stereocenters. The number of rotatable bonds is 12. The number of amides is 1. The summed E-state index contributed by atoms with van der Waals surface area (Å²) in [6.45, 7) is 18.2. The lowest BCUT2D eigenvalue weighted by atomic mass is 9.87. The van der Waals surface area contributed by atoms with Gasteiger partial charge in [-0.1, -0.05) is 43.9 Å². The molecule has 2 aromatic heterocycles. The number of carbonyl (C=O) groups is 2. The first-order valence-corrected chi connectivity index (χ1v) is 14.9. The van der Waals surface area contributed by atoms with Gasteiger partial charge in [0.1, 0.15) is 10.6 Å². The minimum Gasteiger partial charge on any atom is -0.346 e. The lowest BCUT2D eigenvalue weighted by Crippen LogP contribution is -2.26. The van der Waals surface area contributed by atoms with E-state index in [1.807, 2.05) is 27.7 Å². The van der Waals surface area contributed by atoms with E-state index in [4.69, 9.17) is 0 Å². The number of hydrogen-bond donors (Lipinski definition) is 1. The number of aromatic nitrogens is 1. The van der Waals surface area contributed by atoms with Gasteiger partial charge in [-0.15, -0.1) is 11.3 Å². The predicted molar refractivity (Wildman–Crippen MR) is 164 cm³/mol. The third-order valence-electron chi connectivity index (χ3n) is 7.69. The standard InChI is InChI=1S/C33H46N2O2S/c1-10-11-25(24(7)36)14-12-21(4)13-15-27-28-19-29(33(8,9)32(37)34-20(2)3)38-31(28)35-30(27)26-17-22(5)16-23(6)18-26/h16-19,21,25,35H,10-15H2,1-9H3. The van der Waals surface area contributed by atoms with E-state index in [9.17, 15) is 9.59 Å². The number of H-pyrrole nitrogens is 1. The maximum absolute atomic E-state index is 12.9. The number of nitrogens with one attached hydrogen (secondary N) is 1. The molecule has 0 aliphatic rings. The van der Waals surface area contributed by atoms with Crippen molar-refractivity contribution >= 4 is 39.0 Å². The Bertz CT molecular complexity index is 1300. The summed E-state index contributed by atoms with van der Waals surface area (Å²) in [7, 11) is 0. The van der Waals surface area contributed by atoms with Crippen molar-refractivity contribution in [1.29, 1.82) is 0 Å². The van der Waals surface area contributed by atoms with Gasteiger partial charge in [-0.25, -0.2) is 4.99 Å². The van der Waals surface area contributed by atoms with Crippen LogP contribution in [0.25, 0.3) is 21.5 Å². The summed E-state index contributed by atoms with van der Waals surface area (Å²) < 4.78 is 0. The Morgan fingerprint density at radius 2 is 1.63 bits per heavy atom. The Labute approximate surface area is 233 Å². The number of carbonyl (C=O) groups excluding carboxylic acids is 2. The Hall–Kier alpha value is -2.53. The highest BCUT2D eigenvalue weighted by Gasteiger charge is 2.32. The number of benzene rings is 1. The molecule has 1 amide bonds.